The second kappa shape index (κ2) is 17.9. The molecule has 4 aromatic rings. The lowest BCUT2D eigenvalue weighted by molar-refractivity contribution is -0.144. The van der Waals surface area contributed by atoms with Gasteiger partial charge in [-0.05, 0) is 54.0 Å². The predicted molar refractivity (Wildman–Crippen MR) is 175 cm³/mol. The van der Waals surface area contributed by atoms with Crippen LogP contribution in [0.2, 0.25) is 5.02 Å². The topological polar surface area (TPSA) is 201 Å². The van der Waals surface area contributed by atoms with Crippen molar-refractivity contribution in [2.75, 3.05) is 5.32 Å². The molecule has 0 aliphatic carbocycles. The van der Waals surface area contributed by atoms with E-state index in [0.29, 0.717) is 10.7 Å². The number of anilines is 1. The number of amides is 2. The molecule has 4 rings (SSSR count). The number of nitrogens with zero attached hydrogens (tertiary/aromatic N) is 4. The molecule has 298 valence electrons. The Morgan fingerprint density at radius 1 is 0.964 bits per heavy atom. The van der Waals surface area contributed by atoms with Crippen molar-refractivity contribution in [1.82, 2.24) is 24.5 Å². The largest absolute Gasteiger partial charge is 0.478 e. The minimum Gasteiger partial charge on any atom is -0.478 e. The third kappa shape index (κ3) is 11.8. The quantitative estimate of drug-likeness (QED) is 0.102. The molecular weight excluding hydrogens is 876 g/mol. The minimum atomic E-state index is -4.71. The summed E-state index contributed by atoms with van der Waals surface area (Å²) in [4.78, 5) is 40.9. The first-order valence-corrected chi connectivity index (χ1v) is 17.0. The van der Waals surface area contributed by atoms with Crippen LogP contribution in [0.3, 0.4) is 0 Å². The number of aromatic carboxylic acids is 1. The fourth-order valence-corrected chi connectivity index (χ4v) is 6.20. The molecular formula is C29H22BrClF8N6O9S. The molecule has 0 saturated carbocycles. The fraction of sp³-hybridized carbons (Fsp3) is 0.241. The number of benzene rings is 2. The maximum absolute atomic E-state index is 14.3. The standard InChI is InChI=1S/C15H12BrClF4N2O2.C14H10F4N4O7S/c1-6(2)25-14(24)7-4-8(10(18)5-9(7)17)12-11(16)13(15(19,20)21)23(3)22-12;15-11(16)28-8-5-9(29-12(17)18)20-13(19-8)21-14(25)22-30(26,27)7-4-2-1-3-6(7)10(23)24/h4-6H,1-3H3;1-5,11-12H,(H,23,24)(H2,19,20,21,22,25). The van der Waals surface area contributed by atoms with Crippen LogP contribution in [0, 0.1) is 5.82 Å². The van der Waals surface area contributed by atoms with Gasteiger partial charge in [0, 0.05) is 12.6 Å². The highest BCUT2D eigenvalue weighted by atomic mass is 79.9. The Bertz CT molecular complexity index is 2170. The number of alkyl halides is 7. The number of aryl methyl sites for hydroxylation is 1. The van der Waals surface area contributed by atoms with Gasteiger partial charge in [-0.15, -0.1) is 0 Å². The average molecular weight is 898 g/mol. The van der Waals surface area contributed by atoms with E-state index in [1.54, 1.807) is 19.2 Å². The lowest BCUT2D eigenvalue weighted by atomic mass is 10.1. The van der Waals surface area contributed by atoms with Gasteiger partial charge in [0.25, 0.3) is 10.0 Å². The average Bonchev–Trinajstić information content (AvgIpc) is 3.33. The third-order valence-corrected chi connectivity index (χ3v) is 8.54. The monoisotopic (exact) mass is 896 g/mol. The molecule has 0 fully saturated rings. The van der Waals surface area contributed by atoms with Gasteiger partial charge in [-0.1, -0.05) is 23.7 Å². The van der Waals surface area contributed by atoms with Crippen LogP contribution in [0.25, 0.3) is 11.3 Å². The van der Waals surface area contributed by atoms with Crippen molar-refractivity contribution in [2.24, 2.45) is 7.05 Å². The number of hydrogen-bond donors (Lipinski definition) is 3. The van der Waals surface area contributed by atoms with Crippen molar-refractivity contribution in [2.45, 2.75) is 44.2 Å². The second-order valence-electron chi connectivity index (χ2n) is 10.4. The molecule has 55 heavy (non-hydrogen) atoms. The zero-order valence-corrected chi connectivity index (χ0v) is 30.6. The number of halogens is 10. The van der Waals surface area contributed by atoms with E-state index in [-0.39, 0.29) is 21.8 Å². The van der Waals surface area contributed by atoms with Crippen LogP contribution in [-0.2, 0) is 28.0 Å². The van der Waals surface area contributed by atoms with Gasteiger partial charge < -0.3 is 19.3 Å². The van der Waals surface area contributed by atoms with Crippen LogP contribution in [0.4, 0.5) is 45.9 Å². The molecule has 0 radical (unpaired) electrons. The molecule has 2 aromatic carbocycles. The van der Waals surface area contributed by atoms with Crippen LogP contribution in [0.5, 0.6) is 11.8 Å². The number of hydrogen-bond acceptors (Lipinski definition) is 11. The maximum atomic E-state index is 14.3. The van der Waals surface area contributed by atoms with Gasteiger partial charge in [0.2, 0.25) is 17.7 Å². The van der Waals surface area contributed by atoms with Gasteiger partial charge in [-0.3, -0.25) is 10.00 Å². The second-order valence-corrected chi connectivity index (χ2v) is 13.2. The first kappa shape index (κ1) is 44.1. The van der Waals surface area contributed by atoms with Crippen molar-refractivity contribution >= 4 is 61.5 Å². The molecule has 15 nitrogen and oxygen atoms in total. The highest BCUT2D eigenvalue weighted by Gasteiger charge is 2.39. The van der Waals surface area contributed by atoms with E-state index in [0.717, 1.165) is 31.3 Å². The molecule has 0 aliphatic heterocycles. The molecule has 2 aromatic heterocycles. The number of sulfonamides is 1. The summed E-state index contributed by atoms with van der Waals surface area (Å²) in [5.74, 6) is -6.19. The van der Waals surface area contributed by atoms with Gasteiger partial charge in [-0.25, -0.2) is 31.9 Å². The van der Waals surface area contributed by atoms with E-state index in [1.165, 1.54) is 16.9 Å². The van der Waals surface area contributed by atoms with E-state index in [1.807, 2.05) is 0 Å². The number of carbonyl (C=O) groups excluding carboxylic acids is 2. The number of carboxylic acids is 1. The van der Waals surface area contributed by atoms with Crippen LogP contribution in [0.15, 0.2) is 51.8 Å². The molecule has 2 heterocycles. The zero-order chi connectivity index (χ0) is 41.6. The lowest BCUT2D eigenvalue weighted by Crippen LogP contribution is -2.35. The smallest absolute Gasteiger partial charge is 0.434 e. The lowest BCUT2D eigenvalue weighted by Gasteiger charge is -2.11. The summed E-state index contributed by atoms with van der Waals surface area (Å²) >= 11 is 8.67. The maximum Gasteiger partial charge on any atom is 0.434 e. The molecule has 0 bridgehead atoms. The van der Waals surface area contributed by atoms with E-state index in [4.69, 9.17) is 21.4 Å². The van der Waals surface area contributed by atoms with Gasteiger partial charge >= 0.3 is 37.4 Å². The van der Waals surface area contributed by atoms with Crippen molar-refractivity contribution in [3.05, 3.63) is 74.6 Å². The van der Waals surface area contributed by atoms with Crippen LogP contribution in [-0.4, -0.2) is 70.6 Å². The number of urea groups is 1. The Kier molecular flexibility index (Phi) is 14.3. The van der Waals surface area contributed by atoms with Crippen LogP contribution < -0.4 is 19.5 Å². The highest BCUT2D eigenvalue weighted by Crippen LogP contribution is 2.41. The van der Waals surface area contributed by atoms with Crippen molar-refractivity contribution in [3.63, 3.8) is 0 Å². The molecule has 0 spiro atoms. The molecule has 2 amide bonds. The summed E-state index contributed by atoms with van der Waals surface area (Å²) in [7, 11) is -3.63. The Morgan fingerprint density at radius 2 is 1.53 bits per heavy atom. The molecule has 0 aliphatic rings. The molecule has 3 N–H and O–H groups in total. The number of ether oxygens (including phenoxy) is 3. The van der Waals surface area contributed by atoms with Gasteiger partial charge in [-0.2, -0.15) is 45.8 Å². The molecule has 0 saturated heterocycles. The Morgan fingerprint density at radius 3 is 2.02 bits per heavy atom. The minimum absolute atomic E-state index is 0.169. The highest BCUT2D eigenvalue weighted by molar-refractivity contribution is 9.10. The number of nitrogens with one attached hydrogen (secondary N) is 2. The molecule has 26 heteroatoms. The van der Waals surface area contributed by atoms with Crippen molar-refractivity contribution in [3.8, 4) is 23.0 Å². The van der Waals surface area contributed by atoms with Crippen molar-refractivity contribution in [1.29, 1.82) is 0 Å². The first-order chi connectivity index (χ1) is 25.4. The van der Waals surface area contributed by atoms with Crippen molar-refractivity contribution < 1.29 is 77.2 Å². The van der Waals surface area contributed by atoms with E-state index in [9.17, 15) is 57.9 Å². The summed E-state index contributed by atoms with van der Waals surface area (Å²) in [6, 6.07) is 5.08. The van der Waals surface area contributed by atoms with Crippen LogP contribution in [0.1, 0.15) is 40.3 Å². The third-order valence-electron chi connectivity index (χ3n) is 6.09. The number of carbonyl (C=O) groups is 3. The normalized spacial score (nSPS) is 11.6. The van der Waals surface area contributed by atoms with Gasteiger partial charge in [0.15, 0.2) is 5.69 Å². The van der Waals surface area contributed by atoms with E-state index in [2.05, 4.69) is 40.5 Å². The first-order valence-electron chi connectivity index (χ1n) is 14.4. The SMILES string of the molecule is CC(C)OC(=O)c1cc(-c2nn(C)c(C(F)(F)F)c2Br)c(F)cc1Cl.O=C(Nc1nc(OC(F)F)cc(OC(F)F)n1)NS(=O)(=O)c1ccccc1C(=O)O. The number of rotatable bonds is 11. The summed E-state index contributed by atoms with van der Waals surface area (Å²) in [6.45, 7) is -3.59. The van der Waals surface area contributed by atoms with E-state index >= 15 is 0 Å². The van der Waals surface area contributed by atoms with Crippen LogP contribution >= 0.6 is 27.5 Å². The van der Waals surface area contributed by atoms with Gasteiger partial charge in [0.1, 0.15) is 16.4 Å². The fourth-order valence-electron chi connectivity index (χ4n) is 4.09. The van der Waals surface area contributed by atoms with Gasteiger partial charge in [0.05, 0.1) is 32.8 Å². The molecule has 0 atom stereocenters. The summed E-state index contributed by atoms with van der Waals surface area (Å²) in [5, 5.41) is 14.2. The Balaban J connectivity index is 0.000000300. The number of aromatic nitrogens is 4. The number of carboxylic acid groups (broad SMARTS) is 1. The summed E-state index contributed by atoms with van der Waals surface area (Å²) < 4.78 is 142. The summed E-state index contributed by atoms with van der Waals surface area (Å²) in [5.41, 5.74) is -2.50. The Hall–Kier alpha value is -5.30. The molecule has 0 unspecified atom stereocenters. The summed E-state index contributed by atoms with van der Waals surface area (Å²) in [6.07, 6.45) is -5.14. The zero-order valence-electron chi connectivity index (χ0n) is 27.5. The predicted octanol–water partition coefficient (Wildman–Crippen LogP) is 7.11. The Labute approximate surface area is 316 Å². The number of esters is 1. The van der Waals surface area contributed by atoms with E-state index < -0.39 is 97.6 Å².